The van der Waals surface area contributed by atoms with Crippen LogP contribution in [0, 0.1) is 17.2 Å². The third kappa shape index (κ3) is 5.32. The van der Waals surface area contributed by atoms with E-state index in [2.05, 4.69) is 11.4 Å². The van der Waals surface area contributed by atoms with Crippen molar-refractivity contribution in [2.75, 3.05) is 18.1 Å². The second-order valence-corrected chi connectivity index (χ2v) is 9.17. The number of carbonyl (C=O) groups excluding carboxylic acids is 1. The van der Waals surface area contributed by atoms with Gasteiger partial charge in [0, 0.05) is 30.2 Å². The van der Waals surface area contributed by atoms with Gasteiger partial charge in [-0.2, -0.15) is 5.26 Å². The summed E-state index contributed by atoms with van der Waals surface area (Å²) in [6.07, 6.45) is 0.808. The predicted molar refractivity (Wildman–Crippen MR) is 111 cm³/mol. The zero-order valence-corrected chi connectivity index (χ0v) is 17.1. The fourth-order valence-electron chi connectivity index (χ4n) is 2.63. The molecule has 1 unspecified atom stereocenters. The first kappa shape index (κ1) is 19.9. The van der Waals surface area contributed by atoms with E-state index >= 15 is 0 Å². The summed E-state index contributed by atoms with van der Waals surface area (Å²) in [5, 5.41) is 12.0. The molecule has 1 fully saturated rings. The molecule has 0 radical (unpaired) electrons. The van der Waals surface area contributed by atoms with Crippen LogP contribution in [-0.2, 0) is 6.54 Å². The summed E-state index contributed by atoms with van der Waals surface area (Å²) in [5.74, 6) is 1.10. The van der Waals surface area contributed by atoms with E-state index in [-0.39, 0.29) is 11.9 Å². The van der Waals surface area contributed by atoms with E-state index in [1.54, 1.807) is 35.8 Å². The number of alkyl halides is 2. The molecule has 1 saturated carbocycles. The summed E-state index contributed by atoms with van der Waals surface area (Å²) >= 11 is 13.8. The van der Waals surface area contributed by atoms with E-state index in [0.717, 1.165) is 28.3 Å². The van der Waals surface area contributed by atoms with Crippen molar-refractivity contribution in [1.82, 2.24) is 4.90 Å². The number of rotatable bonds is 6. The molecule has 0 bridgehead atoms. The van der Waals surface area contributed by atoms with Crippen molar-refractivity contribution in [2.45, 2.75) is 22.2 Å². The Labute approximate surface area is 173 Å². The summed E-state index contributed by atoms with van der Waals surface area (Å²) in [4.78, 5) is 15.1. The maximum atomic E-state index is 12.6. The number of nitrogens with one attached hydrogen (secondary N) is 1. The normalized spacial score (nSPS) is 17.0. The standard InChI is InChI=1S/C20H19Cl2N3OS/c1-25(12-15-6-4-5-14(9-15)11-23)19(26)24-17-7-2-3-8-18(17)27-13-16-10-20(16,21)22/h2-9,16H,10,12-13H2,1H3,(H,24,26). The average Bonchev–Trinajstić information content (AvgIpc) is 3.27. The van der Waals surface area contributed by atoms with Crippen LogP contribution in [-0.4, -0.2) is 28.1 Å². The van der Waals surface area contributed by atoms with Crippen LogP contribution in [0.15, 0.2) is 53.4 Å². The highest BCUT2D eigenvalue weighted by molar-refractivity contribution is 7.99. The molecule has 0 heterocycles. The highest BCUT2D eigenvalue weighted by Gasteiger charge is 2.51. The van der Waals surface area contributed by atoms with Crippen LogP contribution in [0.2, 0.25) is 0 Å². The first-order valence-electron chi connectivity index (χ1n) is 8.50. The highest BCUT2D eigenvalue weighted by Crippen LogP contribution is 2.55. The molecule has 7 heteroatoms. The fraction of sp³-hybridized carbons (Fsp3) is 0.300. The monoisotopic (exact) mass is 419 g/mol. The maximum absolute atomic E-state index is 12.6. The molecule has 1 N–H and O–H groups in total. The number of thioether (sulfide) groups is 1. The third-order valence-electron chi connectivity index (χ3n) is 4.35. The van der Waals surface area contributed by atoms with E-state index in [1.807, 2.05) is 36.4 Å². The predicted octanol–water partition coefficient (Wildman–Crippen LogP) is 5.51. The first-order chi connectivity index (χ1) is 12.9. The van der Waals surface area contributed by atoms with Gasteiger partial charge in [-0.1, -0.05) is 24.3 Å². The van der Waals surface area contributed by atoms with E-state index in [1.165, 1.54) is 0 Å². The number of halogens is 2. The number of nitrogens with zero attached hydrogens (tertiary/aromatic N) is 2. The fourth-order valence-corrected chi connectivity index (χ4v) is 4.57. The Hall–Kier alpha value is -1.87. The molecule has 1 aliphatic rings. The maximum Gasteiger partial charge on any atom is 0.321 e. The molecule has 2 amide bonds. The zero-order valence-electron chi connectivity index (χ0n) is 14.8. The molecule has 27 heavy (non-hydrogen) atoms. The number of nitriles is 1. The van der Waals surface area contributed by atoms with Gasteiger partial charge in [0.25, 0.3) is 0 Å². The summed E-state index contributed by atoms with van der Waals surface area (Å²) in [5.41, 5.74) is 2.25. The molecular weight excluding hydrogens is 401 g/mol. The van der Waals surface area contributed by atoms with Gasteiger partial charge in [-0.05, 0) is 36.2 Å². The van der Waals surface area contributed by atoms with Crippen molar-refractivity contribution in [3.63, 3.8) is 0 Å². The first-order valence-corrected chi connectivity index (χ1v) is 10.2. The number of para-hydroxylation sites is 1. The molecule has 0 aliphatic heterocycles. The van der Waals surface area contributed by atoms with Crippen LogP contribution < -0.4 is 5.32 Å². The summed E-state index contributed by atoms with van der Waals surface area (Å²) in [6.45, 7) is 0.416. The Kier molecular flexibility index (Phi) is 6.21. The molecule has 3 rings (SSSR count). The van der Waals surface area contributed by atoms with Crippen molar-refractivity contribution in [1.29, 1.82) is 5.26 Å². The van der Waals surface area contributed by atoms with Gasteiger partial charge in [-0.3, -0.25) is 0 Å². The van der Waals surface area contributed by atoms with E-state index in [4.69, 9.17) is 28.5 Å². The Morgan fingerprint density at radius 1 is 1.33 bits per heavy atom. The second kappa shape index (κ2) is 8.43. The molecule has 4 nitrogen and oxygen atoms in total. The minimum Gasteiger partial charge on any atom is -0.323 e. The quantitative estimate of drug-likeness (QED) is 0.495. The van der Waals surface area contributed by atoms with Gasteiger partial charge in [0.2, 0.25) is 0 Å². The Balaban J connectivity index is 1.60. The molecule has 0 spiro atoms. The largest absolute Gasteiger partial charge is 0.323 e. The van der Waals surface area contributed by atoms with E-state index in [0.29, 0.717) is 12.1 Å². The van der Waals surface area contributed by atoms with Crippen LogP contribution >= 0.6 is 35.0 Å². The summed E-state index contributed by atoms with van der Waals surface area (Å²) < 4.78 is -0.594. The van der Waals surface area contributed by atoms with E-state index < -0.39 is 4.33 Å². The molecule has 0 saturated heterocycles. The highest BCUT2D eigenvalue weighted by atomic mass is 35.5. The second-order valence-electron chi connectivity index (χ2n) is 6.57. The van der Waals surface area contributed by atoms with Gasteiger partial charge >= 0.3 is 6.03 Å². The smallest absolute Gasteiger partial charge is 0.321 e. The average molecular weight is 420 g/mol. The van der Waals surface area contributed by atoms with Gasteiger partial charge < -0.3 is 10.2 Å². The third-order valence-corrected chi connectivity index (χ3v) is 6.51. The van der Waals surface area contributed by atoms with Crippen molar-refractivity contribution in [3.05, 3.63) is 59.7 Å². The zero-order chi connectivity index (χ0) is 19.4. The lowest BCUT2D eigenvalue weighted by Crippen LogP contribution is -2.31. The van der Waals surface area contributed by atoms with Crippen LogP contribution in [0.1, 0.15) is 17.5 Å². The van der Waals surface area contributed by atoms with Crippen LogP contribution in [0.25, 0.3) is 0 Å². The number of hydrogen-bond donors (Lipinski definition) is 1. The van der Waals surface area contributed by atoms with Gasteiger partial charge in [-0.15, -0.1) is 35.0 Å². The molecule has 1 aliphatic carbocycles. The van der Waals surface area contributed by atoms with Crippen molar-refractivity contribution >= 4 is 46.7 Å². The Morgan fingerprint density at radius 2 is 2.07 bits per heavy atom. The summed E-state index contributed by atoms with van der Waals surface area (Å²) in [6, 6.07) is 16.8. The lowest BCUT2D eigenvalue weighted by Gasteiger charge is -2.19. The van der Waals surface area contributed by atoms with E-state index in [9.17, 15) is 4.79 Å². The summed E-state index contributed by atoms with van der Waals surface area (Å²) in [7, 11) is 1.73. The Bertz CT molecular complexity index is 882. The van der Waals surface area contributed by atoms with Crippen molar-refractivity contribution < 1.29 is 4.79 Å². The minimum absolute atomic E-state index is 0.208. The molecule has 2 aromatic carbocycles. The molecule has 2 aromatic rings. The molecule has 1 atom stereocenters. The number of urea groups is 1. The van der Waals surface area contributed by atoms with Gasteiger partial charge in [-0.25, -0.2) is 4.79 Å². The lowest BCUT2D eigenvalue weighted by atomic mass is 10.1. The Morgan fingerprint density at radius 3 is 2.78 bits per heavy atom. The SMILES string of the molecule is CN(Cc1cccc(C#N)c1)C(=O)Nc1ccccc1SCC1CC1(Cl)Cl. The van der Waals surface area contributed by atoms with Crippen LogP contribution in [0.3, 0.4) is 0 Å². The molecular formula is C20H19Cl2N3OS. The van der Waals surface area contributed by atoms with Crippen LogP contribution in [0.4, 0.5) is 10.5 Å². The van der Waals surface area contributed by atoms with Crippen molar-refractivity contribution in [2.24, 2.45) is 5.92 Å². The van der Waals surface area contributed by atoms with Gasteiger partial charge in [0.15, 0.2) is 0 Å². The molecule has 0 aromatic heterocycles. The van der Waals surface area contributed by atoms with Crippen LogP contribution in [0.5, 0.6) is 0 Å². The van der Waals surface area contributed by atoms with Gasteiger partial charge in [0.1, 0.15) is 4.33 Å². The van der Waals surface area contributed by atoms with Gasteiger partial charge in [0.05, 0.1) is 17.3 Å². The minimum atomic E-state index is -0.594. The molecule has 140 valence electrons. The number of anilines is 1. The number of carbonyl (C=O) groups is 1. The van der Waals surface area contributed by atoms with Crippen molar-refractivity contribution in [3.8, 4) is 6.07 Å². The topological polar surface area (TPSA) is 56.1 Å². The number of amides is 2. The number of benzene rings is 2. The lowest BCUT2D eigenvalue weighted by molar-refractivity contribution is 0.220. The number of hydrogen-bond acceptors (Lipinski definition) is 3.